The topological polar surface area (TPSA) is 93.5 Å². The Morgan fingerprint density at radius 1 is 0.966 bits per heavy atom. The van der Waals surface area contributed by atoms with Gasteiger partial charge in [0.15, 0.2) is 5.11 Å². The standard InChI is InChI=1S/C21H17N3O4S/c25-20(18-8-4-5-9-19(18)24(26)27)23-21(29)22-16-10-12-17(13-11-16)28-14-15-6-2-1-3-7-15/h1-13H,14H2,(H2,22,23,25,29). The molecule has 0 saturated heterocycles. The number of anilines is 1. The molecule has 7 nitrogen and oxygen atoms in total. The lowest BCUT2D eigenvalue weighted by atomic mass is 10.1. The van der Waals surface area contributed by atoms with Crippen molar-refractivity contribution in [1.82, 2.24) is 5.32 Å². The number of hydrogen-bond donors (Lipinski definition) is 2. The van der Waals surface area contributed by atoms with Gasteiger partial charge in [0, 0.05) is 11.8 Å². The molecule has 0 saturated carbocycles. The summed E-state index contributed by atoms with van der Waals surface area (Å²) in [4.78, 5) is 22.7. The molecule has 0 atom stereocenters. The summed E-state index contributed by atoms with van der Waals surface area (Å²) in [6, 6.07) is 22.5. The van der Waals surface area contributed by atoms with Gasteiger partial charge in [0.05, 0.1) is 4.92 Å². The number of hydrogen-bond acceptors (Lipinski definition) is 5. The van der Waals surface area contributed by atoms with Crippen molar-refractivity contribution in [1.29, 1.82) is 0 Å². The normalized spacial score (nSPS) is 10.1. The van der Waals surface area contributed by atoms with Crippen LogP contribution in [0.25, 0.3) is 0 Å². The molecule has 0 aliphatic rings. The van der Waals surface area contributed by atoms with E-state index in [-0.39, 0.29) is 16.4 Å². The highest BCUT2D eigenvalue weighted by Gasteiger charge is 2.19. The first-order chi connectivity index (χ1) is 14.0. The number of thiocarbonyl (C=S) groups is 1. The van der Waals surface area contributed by atoms with Crippen LogP contribution in [-0.2, 0) is 6.61 Å². The van der Waals surface area contributed by atoms with Gasteiger partial charge >= 0.3 is 0 Å². The van der Waals surface area contributed by atoms with Gasteiger partial charge in [-0.05, 0) is 48.1 Å². The lowest BCUT2D eigenvalue weighted by Gasteiger charge is -2.11. The van der Waals surface area contributed by atoms with E-state index in [2.05, 4.69) is 10.6 Å². The zero-order valence-electron chi connectivity index (χ0n) is 15.2. The number of para-hydroxylation sites is 1. The van der Waals surface area contributed by atoms with Crippen molar-refractivity contribution in [2.45, 2.75) is 6.61 Å². The lowest BCUT2D eigenvalue weighted by Crippen LogP contribution is -2.34. The second-order valence-electron chi connectivity index (χ2n) is 5.98. The van der Waals surface area contributed by atoms with Gasteiger partial charge < -0.3 is 10.1 Å². The zero-order valence-corrected chi connectivity index (χ0v) is 16.0. The average molecular weight is 407 g/mol. The Morgan fingerprint density at radius 2 is 1.62 bits per heavy atom. The maximum atomic E-state index is 12.3. The van der Waals surface area contributed by atoms with Gasteiger partial charge in [-0.15, -0.1) is 0 Å². The second kappa shape index (κ2) is 9.43. The number of ether oxygens (including phenoxy) is 1. The van der Waals surface area contributed by atoms with Crippen molar-refractivity contribution in [3.63, 3.8) is 0 Å². The Morgan fingerprint density at radius 3 is 2.31 bits per heavy atom. The smallest absolute Gasteiger partial charge is 0.282 e. The van der Waals surface area contributed by atoms with Gasteiger partial charge in [0.25, 0.3) is 11.6 Å². The average Bonchev–Trinajstić information content (AvgIpc) is 2.74. The minimum absolute atomic E-state index is 0.0334. The fraction of sp³-hybridized carbons (Fsp3) is 0.0476. The molecule has 29 heavy (non-hydrogen) atoms. The van der Waals surface area contributed by atoms with Gasteiger partial charge in [0.2, 0.25) is 0 Å². The van der Waals surface area contributed by atoms with Gasteiger partial charge in [0.1, 0.15) is 17.9 Å². The highest BCUT2D eigenvalue weighted by molar-refractivity contribution is 7.80. The van der Waals surface area contributed by atoms with Crippen molar-refractivity contribution < 1.29 is 14.5 Å². The predicted octanol–water partition coefficient (Wildman–Crippen LogP) is 4.30. The molecule has 0 aliphatic heterocycles. The Labute approximate surface area is 172 Å². The minimum Gasteiger partial charge on any atom is -0.489 e. The van der Waals surface area contributed by atoms with Crippen molar-refractivity contribution >= 4 is 34.6 Å². The van der Waals surface area contributed by atoms with Crippen LogP contribution in [0.2, 0.25) is 0 Å². The van der Waals surface area contributed by atoms with E-state index >= 15 is 0 Å². The second-order valence-corrected chi connectivity index (χ2v) is 6.39. The van der Waals surface area contributed by atoms with Crippen LogP contribution in [0.5, 0.6) is 5.75 Å². The van der Waals surface area contributed by atoms with Gasteiger partial charge in [-0.1, -0.05) is 42.5 Å². The highest BCUT2D eigenvalue weighted by atomic mass is 32.1. The molecular formula is C21H17N3O4S. The number of nitrogens with zero attached hydrogens (tertiary/aromatic N) is 1. The number of nitrogens with one attached hydrogen (secondary N) is 2. The maximum absolute atomic E-state index is 12.3. The van der Waals surface area contributed by atoms with E-state index in [1.165, 1.54) is 18.2 Å². The van der Waals surface area contributed by atoms with Gasteiger partial charge in [-0.3, -0.25) is 20.2 Å². The summed E-state index contributed by atoms with van der Waals surface area (Å²) in [6.45, 7) is 0.456. The van der Waals surface area contributed by atoms with Crippen LogP contribution >= 0.6 is 12.2 Å². The number of benzene rings is 3. The molecule has 3 rings (SSSR count). The first-order valence-electron chi connectivity index (χ1n) is 8.65. The monoisotopic (exact) mass is 407 g/mol. The van der Waals surface area contributed by atoms with Crippen LogP contribution in [0.15, 0.2) is 78.9 Å². The molecule has 0 aromatic heterocycles. The summed E-state index contributed by atoms with van der Waals surface area (Å²) >= 11 is 5.13. The third kappa shape index (κ3) is 5.60. The number of carbonyl (C=O) groups is 1. The third-order valence-electron chi connectivity index (χ3n) is 3.93. The summed E-state index contributed by atoms with van der Waals surface area (Å²) < 4.78 is 5.72. The Hall–Kier alpha value is -3.78. The van der Waals surface area contributed by atoms with Crippen molar-refractivity contribution in [3.8, 4) is 5.75 Å². The molecule has 0 unspecified atom stereocenters. The van der Waals surface area contributed by atoms with E-state index < -0.39 is 10.8 Å². The molecule has 0 radical (unpaired) electrons. The Bertz CT molecular complexity index is 1020. The van der Waals surface area contributed by atoms with E-state index in [1.807, 2.05) is 30.3 Å². The number of amides is 1. The van der Waals surface area contributed by atoms with Crippen molar-refractivity contribution in [2.24, 2.45) is 0 Å². The first kappa shape index (κ1) is 20.0. The number of carbonyl (C=O) groups excluding carboxylic acids is 1. The van der Waals surface area contributed by atoms with E-state index in [4.69, 9.17) is 17.0 Å². The quantitative estimate of drug-likeness (QED) is 0.359. The zero-order chi connectivity index (χ0) is 20.6. The van der Waals surface area contributed by atoms with Crippen LogP contribution in [0.3, 0.4) is 0 Å². The third-order valence-corrected chi connectivity index (χ3v) is 4.14. The summed E-state index contributed by atoms with van der Waals surface area (Å²) in [5, 5.41) is 16.4. The van der Waals surface area contributed by atoms with E-state index in [9.17, 15) is 14.9 Å². The molecule has 0 fully saturated rings. The molecule has 0 aliphatic carbocycles. The summed E-state index contributed by atoms with van der Waals surface area (Å²) in [6.07, 6.45) is 0. The SMILES string of the molecule is O=C(NC(=S)Nc1ccc(OCc2ccccc2)cc1)c1ccccc1[N+](=O)[O-]. The molecule has 3 aromatic carbocycles. The fourth-order valence-electron chi connectivity index (χ4n) is 2.53. The Balaban J connectivity index is 1.55. The number of rotatable bonds is 6. The molecular weight excluding hydrogens is 390 g/mol. The van der Waals surface area contributed by atoms with Crippen molar-refractivity contribution in [2.75, 3.05) is 5.32 Å². The van der Waals surface area contributed by atoms with Crippen LogP contribution in [0.4, 0.5) is 11.4 Å². The summed E-state index contributed by atoms with van der Waals surface area (Å²) in [5.74, 6) is 0.0341. The lowest BCUT2D eigenvalue weighted by molar-refractivity contribution is -0.385. The van der Waals surface area contributed by atoms with Crippen LogP contribution in [0, 0.1) is 10.1 Å². The largest absolute Gasteiger partial charge is 0.489 e. The van der Waals surface area contributed by atoms with E-state index in [0.29, 0.717) is 18.0 Å². The molecule has 0 bridgehead atoms. The van der Waals surface area contributed by atoms with Gasteiger partial charge in [-0.2, -0.15) is 0 Å². The number of nitro benzene ring substituents is 1. The van der Waals surface area contributed by atoms with E-state index in [1.54, 1.807) is 30.3 Å². The van der Waals surface area contributed by atoms with Gasteiger partial charge in [-0.25, -0.2) is 0 Å². The first-order valence-corrected chi connectivity index (χ1v) is 9.06. The molecule has 8 heteroatoms. The molecule has 1 amide bonds. The van der Waals surface area contributed by atoms with E-state index in [0.717, 1.165) is 5.56 Å². The predicted molar refractivity (Wildman–Crippen MR) is 114 cm³/mol. The highest BCUT2D eigenvalue weighted by Crippen LogP contribution is 2.19. The number of nitro groups is 1. The minimum atomic E-state index is -0.655. The molecule has 2 N–H and O–H groups in total. The fourth-order valence-corrected chi connectivity index (χ4v) is 2.74. The molecule has 3 aromatic rings. The van der Waals surface area contributed by atoms with Crippen LogP contribution in [-0.4, -0.2) is 15.9 Å². The van der Waals surface area contributed by atoms with Crippen molar-refractivity contribution in [3.05, 3.63) is 100 Å². The van der Waals surface area contributed by atoms with Crippen LogP contribution < -0.4 is 15.4 Å². The Kier molecular flexibility index (Phi) is 6.49. The maximum Gasteiger partial charge on any atom is 0.282 e. The summed E-state index contributed by atoms with van der Waals surface area (Å²) in [7, 11) is 0. The summed E-state index contributed by atoms with van der Waals surface area (Å²) in [5.41, 5.74) is 1.36. The van der Waals surface area contributed by atoms with Crippen LogP contribution in [0.1, 0.15) is 15.9 Å². The molecule has 0 heterocycles. The molecule has 0 spiro atoms. The molecule has 146 valence electrons.